The molecule has 0 aromatic heterocycles. The van der Waals surface area contributed by atoms with Gasteiger partial charge in [-0.2, -0.15) is 0 Å². The SMILES string of the molecule is CCOCOc1ccccc1CC. The van der Waals surface area contributed by atoms with Crippen LogP contribution in [0.25, 0.3) is 0 Å². The molecule has 72 valence electrons. The predicted molar refractivity (Wildman–Crippen MR) is 52.9 cm³/mol. The van der Waals surface area contributed by atoms with Crippen LogP contribution < -0.4 is 4.74 Å². The van der Waals surface area contributed by atoms with Crippen molar-refractivity contribution in [3.05, 3.63) is 29.8 Å². The Labute approximate surface area is 79.5 Å². The lowest BCUT2D eigenvalue weighted by Crippen LogP contribution is -2.03. The van der Waals surface area contributed by atoms with Gasteiger partial charge in [0, 0.05) is 6.61 Å². The van der Waals surface area contributed by atoms with Gasteiger partial charge in [0.25, 0.3) is 0 Å². The van der Waals surface area contributed by atoms with Crippen molar-refractivity contribution >= 4 is 0 Å². The Balaban J connectivity index is 2.54. The van der Waals surface area contributed by atoms with Crippen LogP contribution in [0.3, 0.4) is 0 Å². The molecule has 0 aliphatic carbocycles. The molecule has 1 rings (SSSR count). The molecular formula is C11H16O2. The van der Waals surface area contributed by atoms with Crippen molar-refractivity contribution in [1.82, 2.24) is 0 Å². The highest BCUT2D eigenvalue weighted by Gasteiger charge is 1.98. The summed E-state index contributed by atoms with van der Waals surface area (Å²) >= 11 is 0. The maximum Gasteiger partial charge on any atom is 0.189 e. The Morgan fingerprint density at radius 1 is 1.15 bits per heavy atom. The summed E-state index contributed by atoms with van der Waals surface area (Å²) in [5.41, 5.74) is 1.22. The first-order valence-electron chi connectivity index (χ1n) is 4.67. The number of rotatable bonds is 5. The molecule has 1 aromatic rings. The minimum absolute atomic E-state index is 0.341. The lowest BCUT2D eigenvalue weighted by molar-refractivity contribution is 0.0219. The highest BCUT2D eigenvalue weighted by molar-refractivity contribution is 5.32. The van der Waals surface area contributed by atoms with Crippen LogP contribution in [-0.4, -0.2) is 13.4 Å². The lowest BCUT2D eigenvalue weighted by Gasteiger charge is -2.09. The van der Waals surface area contributed by atoms with E-state index in [1.165, 1.54) is 5.56 Å². The summed E-state index contributed by atoms with van der Waals surface area (Å²) in [5.74, 6) is 0.929. The van der Waals surface area contributed by atoms with Gasteiger partial charge < -0.3 is 9.47 Å². The Hall–Kier alpha value is -1.02. The molecular weight excluding hydrogens is 164 g/mol. The largest absolute Gasteiger partial charge is 0.467 e. The summed E-state index contributed by atoms with van der Waals surface area (Å²) in [5, 5.41) is 0. The van der Waals surface area contributed by atoms with Crippen molar-refractivity contribution in [2.75, 3.05) is 13.4 Å². The van der Waals surface area contributed by atoms with Crippen LogP contribution in [0.5, 0.6) is 5.75 Å². The molecule has 0 N–H and O–H groups in total. The third-order valence-corrected chi connectivity index (χ3v) is 1.86. The molecule has 0 saturated carbocycles. The fourth-order valence-electron chi connectivity index (χ4n) is 1.13. The van der Waals surface area contributed by atoms with Crippen LogP contribution in [0.4, 0.5) is 0 Å². The third-order valence-electron chi connectivity index (χ3n) is 1.86. The fraction of sp³-hybridized carbons (Fsp3) is 0.455. The van der Waals surface area contributed by atoms with E-state index < -0.39 is 0 Å². The van der Waals surface area contributed by atoms with Gasteiger partial charge in [-0.15, -0.1) is 0 Å². The summed E-state index contributed by atoms with van der Waals surface area (Å²) in [4.78, 5) is 0. The summed E-state index contributed by atoms with van der Waals surface area (Å²) in [6.45, 7) is 5.10. The topological polar surface area (TPSA) is 18.5 Å². The second-order valence-corrected chi connectivity index (χ2v) is 2.72. The maximum absolute atomic E-state index is 5.45. The number of hydrogen-bond acceptors (Lipinski definition) is 2. The second-order valence-electron chi connectivity index (χ2n) is 2.72. The van der Waals surface area contributed by atoms with E-state index in [1.54, 1.807) is 0 Å². The first kappa shape index (κ1) is 10.1. The monoisotopic (exact) mass is 180 g/mol. The molecule has 0 spiro atoms. The van der Waals surface area contributed by atoms with Crippen molar-refractivity contribution in [1.29, 1.82) is 0 Å². The summed E-state index contributed by atoms with van der Waals surface area (Å²) in [6.07, 6.45) is 0.988. The van der Waals surface area contributed by atoms with E-state index in [0.717, 1.165) is 12.2 Å². The minimum atomic E-state index is 0.341. The molecule has 0 bridgehead atoms. The summed E-state index contributed by atoms with van der Waals surface area (Å²) in [7, 11) is 0. The fourth-order valence-corrected chi connectivity index (χ4v) is 1.13. The molecule has 0 radical (unpaired) electrons. The molecule has 0 aliphatic heterocycles. The van der Waals surface area contributed by atoms with Gasteiger partial charge in [0.05, 0.1) is 0 Å². The molecule has 2 heteroatoms. The van der Waals surface area contributed by atoms with Gasteiger partial charge >= 0.3 is 0 Å². The Morgan fingerprint density at radius 2 is 1.92 bits per heavy atom. The van der Waals surface area contributed by atoms with E-state index >= 15 is 0 Å². The molecule has 0 fully saturated rings. The standard InChI is InChI=1S/C11H16O2/c1-3-10-7-5-6-8-11(10)13-9-12-4-2/h5-8H,3-4,9H2,1-2H3. The van der Waals surface area contributed by atoms with E-state index in [9.17, 15) is 0 Å². The normalized spacial score (nSPS) is 10.0. The number of benzene rings is 1. The number of aryl methyl sites for hydroxylation is 1. The zero-order chi connectivity index (χ0) is 9.52. The molecule has 2 nitrogen and oxygen atoms in total. The predicted octanol–water partition coefficient (Wildman–Crippen LogP) is 2.62. The number of hydrogen-bond donors (Lipinski definition) is 0. The number of para-hydroxylation sites is 1. The van der Waals surface area contributed by atoms with Gasteiger partial charge in [-0.3, -0.25) is 0 Å². The quantitative estimate of drug-likeness (QED) is 0.512. The Kier molecular flexibility index (Phi) is 4.33. The van der Waals surface area contributed by atoms with E-state index in [1.807, 2.05) is 25.1 Å². The zero-order valence-corrected chi connectivity index (χ0v) is 8.25. The van der Waals surface area contributed by atoms with Gasteiger partial charge in [-0.1, -0.05) is 25.1 Å². The highest BCUT2D eigenvalue weighted by Crippen LogP contribution is 2.17. The van der Waals surface area contributed by atoms with Crippen LogP contribution in [0.1, 0.15) is 19.4 Å². The minimum Gasteiger partial charge on any atom is -0.467 e. The van der Waals surface area contributed by atoms with Gasteiger partial charge in [0.2, 0.25) is 0 Å². The van der Waals surface area contributed by atoms with E-state index in [0.29, 0.717) is 13.4 Å². The number of ether oxygens (including phenoxy) is 2. The van der Waals surface area contributed by atoms with E-state index in [4.69, 9.17) is 9.47 Å². The van der Waals surface area contributed by atoms with Crippen LogP contribution >= 0.6 is 0 Å². The van der Waals surface area contributed by atoms with Gasteiger partial charge in [-0.25, -0.2) is 0 Å². The average molecular weight is 180 g/mol. The second kappa shape index (κ2) is 5.60. The molecule has 1 aromatic carbocycles. The molecule has 0 saturated heterocycles. The maximum atomic E-state index is 5.45. The molecule has 0 amide bonds. The van der Waals surface area contributed by atoms with E-state index in [-0.39, 0.29) is 0 Å². The van der Waals surface area contributed by atoms with Gasteiger partial charge in [-0.05, 0) is 25.0 Å². The molecule has 0 atom stereocenters. The Bertz CT molecular complexity index is 246. The van der Waals surface area contributed by atoms with Crippen LogP contribution in [0.2, 0.25) is 0 Å². The van der Waals surface area contributed by atoms with Crippen molar-refractivity contribution in [2.45, 2.75) is 20.3 Å². The zero-order valence-electron chi connectivity index (χ0n) is 8.25. The highest BCUT2D eigenvalue weighted by atomic mass is 16.7. The molecule has 13 heavy (non-hydrogen) atoms. The van der Waals surface area contributed by atoms with Gasteiger partial charge in [0.15, 0.2) is 6.79 Å². The average Bonchev–Trinajstić information content (AvgIpc) is 2.19. The molecule has 0 unspecified atom stereocenters. The van der Waals surface area contributed by atoms with Crippen molar-refractivity contribution in [3.63, 3.8) is 0 Å². The summed E-state index contributed by atoms with van der Waals surface area (Å²) < 4.78 is 10.6. The third kappa shape index (κ3) is 3.07. The first-order chi connectivity index (χ1) is 6.38. The molecule has 0 heterocycles. The van der Waals surface area contributed by atoms with E-state index in [2.05, 4.69) is 13.0 Å². The van der Waals surface area contributed by atoms with Crippen LogP contribution in [-0.2, 0) is 11.2 Å². The van der Waals surface area contributed by atoms with Crippen molar-refractivity contribution in [2.24, 2.45) is 0 Å². The van der Waals surface area contributed by atoms with Crippen LogP contribution in [0, 0.1) is 0 Å². The van der Waals surface area contributed by atoms with Crippen molar-refractivity contribution < 1.29 is 9.47 Å². The van der Waals surface area contributed by atoms with Crippen molar-refractivity contribution in [3.8, 4) is 5.75 Å². The summed E-state index contributed by atoms with van der Waals surface area (Å²) in [6, 6.07) is 8.03. The Morgan fingerprint density at radius 3 is 2.62 bits per heavy atom. The smallest absolute Gasteiger partial charge is 0.189 e. The first-order valence-corrected chi connectivity index (χ1v) is 4.67. The molecule has 0 aliphatic rings. The van der Waals surface area contributed by atoms with Crippen LogP contribution in [0.15, 0.2) is 24.3 Å². The lowest BCUT2D eigenvalue weighted by atomic mass is 10.1. The van der Waals surface area contributed by atoms with Gasteiger partial charge in [0.1, 0.15) is 5.75 Å².